The molecule has 0 bridgehead atoms. The van der Waals surface area contributed by atoms with E-state index >= 15 is 0 Å². The Kier molecular flexibility index (Phi) is 10.1. The molecule has 41 heavy (non-hydrogen) atoms. The lowest BCUT2D eigenvalue weighted by Crippen LogP contribution is -2.17. The van der Waals surface area contributed by atoms with E-state index in [2.05, 4.69) is 46.4 Å². The fourth-order valence-electron chi connectivity index (χ4n) is 5.46. The monoisotopic (exact) mass is 554 g/mol. The lowest BCUT2D eigenvalue weighted by Gasteiger charge is -2.22. The minimum absolute atomic E-state index is 0.132. The van der Waals surface area contributed by atoms with Crippen LogP contribution in [0.4, 0.5) is 0 Å². The number of fused-ring (bicyclic) bond motifs is 1. The van der Waals surface area contributed by atoms with Gasteiger partial charge in [0.05, 0.1) is 30.0 Å². The van der Waals surface area contributed by atoms with Crippen molar-refractivity contribution in [3.63, 3.8) is 0 Å². The number of ether oxygens (including phenoxy) is 2. The quantitative estimate of drug-likeness (QED) is 0.176. The first-order valence-corrected chi connectivity index (χ1v) is 15.0. The largest absolute Gasteiger partial charge is 0.501 e. The fourth-order valence-corrected chi connectivity index (χ4v) is 5.46. The summed E-state index contributed by atoms with van der Waals surface area (Å²) in [6.45, 7) is 16.3. The number of hydrogen-bond acceptors (Lipinski definition) is 5. The number of rotatable bonds is 11. The number of allylic oxidation sites excluding steroid dienone is 3. The molecule has 2 aromatic carbocycles. The molecule has 2 heterocycles. The summed E-state index contributed by atoms with van der Waals surface area (Å²) in [6.07, 6.45) is 10.0. The number of carbonyl (C=O) groups excluding carboxylic acids is 1. The highest BCUT2D eigenvalue weighted by Gasteiger charge is 2.21. The van der Waals surface area contributed by atoms with Crippen LogP contribution in [-0.2, 0) is 27.1 Å². The van der Waals surface area contributed by atoms with E-state index in [0.717, 1.165) is 64.7 Å². The number of Topliss-reactive ketones (excluding diaryl/α,β-unsaturated/α-hetero) is 1. The smallest absolute Gasteiger partial charge is 0.144 e. The van der Waals surface area contributed by atoms with Gasteiger partial charge in [0.25, 0.3) is 0 Å². The van der Waals surface area contributed by atoms with Gasteiger partial charge >= 0.3 is 0 Å². The Bertz CT molecular complexity index is 1390. The molecule has 0 radical (unpaired) electrons. The first kappa shape index (κ1) is 30.6. The third kappa shape index (κ3) is 8.13. The van der Waals surface area contributed by atoms with Crippen LogP contribution in [0.2, 0.25) is 0 Å². The van der Waals surface area contributed by atoms with Crippen molar-refractivity contribution in [2.24, 2.45) is 17.3 Å². The molecule has 1 atom stereocenters. The lowest BCUT2D eigenvalue weighted by atomic mass is 9.88. The maximum Gasteiger partial charge on any atom is 0.144 e. The summed E-state index contributed by atoms with van der Waals surface area (Å²) in [6, 6.07) is 12.4. The van der Waals surface area contributed by atoms with Crippen molar-refractivity contribution in [3.05, 3.63) is 83.3 Å². The van der Waals surface area contributed by atoms with Crippen LogP contribution >= 0.6 is 0 Å². The second-order valence-electron chi connectivity index (χ2n) is 12.6. The van der Waals surface area contributed by atoms with Crippen LogP contribution in [-0.4, -0.2) is 36.1 Å². The summed E-state index contributed by atoms with van der Waals surface area (Å²) in [5, 5.41) is 0. The summed E-state index contributed by atoms with van der Waals surface area (Å²) < 4.78 is 11.0. The summed E-state index contributed by atoms with van der Waals surface area (Å²) >= 11 is 0. The predicted molar refractivity (Wildman–Crippen MR) is 168 cm³/mol. The van der Waals surface area contributed by atoms with E-state index in [1.807, 2.05) is 43.5 Å². The first-order valence-electron chi connectivity index (χ1n) is 15.0. The molecule has 1 aliphatic rings. The van der Waals surface area contributed by atoms with Crippen LogP contribution in [0.15, 0.2) is 66.6 Å². The average molecular weight is 555 g/mol. The van der Waals surface area contributed by atoms with Crippen molar-refractivity contribution in [3.8, 4) is 11.3 Å². The van der Waals surface area contributed by atoms with Gasteiger partial charge in [-0.2, -0.15) is 0 Å². The molecule has 3 aromatic rings. The van der Waals surface area contributed by atoms with Gasteiger partial charge in [-0.05, 0) is 85.4 Å². The van der Waals surface area contributed by atoms with Crippen LogP contribution in [0, 0.1) is 24.2 Å². The lowest BCUT2D eigenvalue weighted by molar-refractivity contribution is -0.120. The zero-order chi connectivity index (χ0) is 29.6. The molecule has 4 rings (SSSR count). The molecule has 0 spiro atoms. The SMILES string of the molecule is C=C(/C=C(\OC)C(C)(C)C)C(C)C(=O)Cc1ccc(-c2cnc3cc(CCCC4CCOCC4)c(C)cc3n2)cc1. The predicted octanol–water partition coefficient (Wildman–Crippen LogP) is 8.23. The van der Waals surface area contributed by atoms with Crippen LogP contribution < -0.4 is 0 Å². The first-order chi connectivity index (χ1) is 19.5. The Morgan fingerprint density at radius 3 is 2.51 bits per heavy atom. The molecule has 5 nitrogen and oxygen atoms in total. The van der Waals surface area contributed by atoms with Crippen LogP contribution in [0.1, 0.15) is 70.1 Å². The van der Waals surface area contributed by atoms with Crippen molar-refractivity contribution in [2.75, 3.05) is 20.3 Å². The second-order valence-corrected chi connectivity index (χ2v) is 12.6. The van der Waals surface area contributed by atoms with Crippen molar-refractivity contribution >= 4 is 16.8 Å². The number of carbonyl (C=O) groups is 1. The molecule has 0 amide bonds. The van der Waals surface area contributed by atoms with E-state index in [-0.39, 0.29) is 17.1 Å². The van der Waals surface area contributed by atoms with E-state index in [9.17, 15) is 4.79 Å². The van der Waals surface area contributed by atoms with Crippen molar-refractivity contribution in [1.82, 2.24) is 9.97 Å². The number of aryl methyl sites for hydroxylation is 2. The Morgan fingerprint density at radius 1 is 1.15 bits per heavy atom. The topological polar surface area (TPSA) is 61.3 Å². The molecular formula is C36H46N2O3. The number of hydrogen-bond donors (Lipinski definition) is 0. The van der Waals surface area contributed by atoms with Gasteiger partial charge in [0.2, 0.25) is 0 Å². The number of benzene rings is 2. The van der Waals surface area contributed by atoms with Gasteiger partial charge in [-0.3, -0.25) is 9.78 Å². The van der Waals surface area contributed by atoms with Gasteiger partial charge in [0, 0.05) is 36.5 Å². The minimum Gasteiger partial charge on any atom is -0.501 e. The van der Waals surface area contributed by atoms with E-state index in [1.54, 1.807) is 7.11 Å². The highest BCUT2D eigenvalue weighted by molar-refractivity contribution is 5.86. The van der Waals surface area contributed by atoms with Gasteiger partial charge in [-0.25, -0.2) is 4.98 Å². The van der Waals surface area contributed by atoms with Gasteiger partial charge in [-0.1, -0.05) is 58.5 Å². The standard InChI is InChI=1S/C36H46N2O3/c1-24(20-35(40-7)36(4,5)6)26(3)34(39)21-28-11-13-29(14-12-28)33-23-37-31-22-30(25(2)19-32(31)38-33)10-8-9-27-15-17-41-18-16-27/h11-14,19-20,22-23,26-27H,1,8-10,15-18,21H2,2-7H3/b35-20-. The maximum atomic E-state index is 13.0. The number of aromatic nitrogens is 2. The van der Waals surface area contributed by atoms with E-state index in [1.165, 1.54) is 36.8 Å². The highest BCUT2D eigenvalue weighted by Crippen LogP contribution is 2.29. The normalized spacial score (nSPS) is 15.6. The van der Waals surface area contributed by atoms with Gasteiger partial charge < -0.3 is 9.47 Å². The Balaban J connectivity index is 1.39. The van der Waals surface area contributed by atoms with Crippen LogP contribution in [0.25, 0.3) is 22.3 Å². The summed E-state index contributed by atoms with van der Waals surface area (Å²) in [4.78, 5) is 22.7. The highest BCUT2D eigenvalue weighted by atomic mass is 16.5. The number of nitrogens with zero attached hydrogens (tertiary/aromatic N) is 2. The molecule has 1 fully saturated rings. The van der Waals surface area contributed by atoms with Gasteiger partial charge in [0.1, 0.15) is 11.5 Å². The number of methoxy groups -OCH3 is 1. The Hall–Kier alpha value is -3.31. The molecule has 1 aliphatic heterocycles. The molecule has 1 saturated heterocycles. The Morgan fingerprint density at radius 2 is 1.85 bits per heavy atom. The second kappa shape index (κ2) is 13.6. The minimum atomic E-state index is -0.288. The molecule has 0 saturated carbocycles. The third-order valence-electron chi connectivity index (χ3n) is 8.34. The van der Waals surface area contributed by atoms with Crippen molar-refractivity contribution in [2.45, 2.75) is 73.1 Å². The number of ketones is 1. The van der Waals surface area contributed by atoms with Gasteiger partial charge in [-0.15, -0.1) is 0 Å². The molecule has 1 unspecified atom stereocenters. The van der Waals surface area contributed by atoms with Crippen molar-refractivity contribution < 1.29 is 14.3 Å². The van der Waals surface area contributed by atoms with Gasteiger partial charge in [0.15, 0.2) is 0 Å². The molecule has 0 N–H and O–H groups in total. The van der Waals surface area contributed by atoms with Crippen LogP contribution in [0.5, 0.6) is 0 Å². The molecule has 1 aromatic heterocycles. The van der Waals surface area contributed by atoms with E-state index in [0.29, 0.717) is 6.42 Å². The van der Waals surface area contributed by atoms with E-state index < -0.39 is 0 Å². The maximum absolute atomic E-state index is 13.0. The summed E-state index contributed by atoms with van der Waals surface area (Å²) in [7, 11) is 1.66. The fraction of sp³-hybridized carbons (Fsp3) is 0.472. The zero-order valence-corrected chi connectivity index (χ0v) is 25.8. The molecule has 218 valence electrons. The third-order valence-corrected chi connectivity index (χ3v) is 8.34. The average Bonchev–Trinajstić information content (AvgIpc) is 2.95. The summed E-state index contributed by atoms with van der Waals surface area (Å²) in [5.41, 5.74) is 7.91. The summed E-state index contributed by atoms with van der Waals surface area (Å²) in [5.74, 6) is 1.47. The Labute approximate surface area is 246 Å². The van der Waals surface area contributed by atoms with E-state index in [4.69, 9.17) is 19.4 Å². The molecular weight excluding hydrogens is 508 g/mol. The van der Waals surface area contributed by atoms with Crippen LogP contribution in [0.3, 0.4) is 0 Å². The molecule has 0 aliphatic carbocycles. The zero-order valence-electron chi connectivity index (χ0n) is 25.8. The van der Waals surface area contributed by atoms with Crippen molar-refractivity contribution in [1.29, 1.82) is 0 Å². The molecule has 5 heteroatoms.